The molecule has 0 bridgehead atoms. The average Bonchev–Trinajstić information content (AvgIpc) is 2.47. The molecule has 15 heavy (non-hydrogen) atoms. The first kappa shape index (κ1) is 10.7. The van der Waals surface area contributed by atoms with Crippen LogP contribution in [0.2, 0.25) is 0 Å². The van der Waals surface area contributed by atoms with Crippen LogP contribution in [0.25, 0.3) is 0 Å². The van der Waals surface area contributed by atoms with Gasteiger partial charge in [-0.2, -0.15) is 0 Å². The van der Waals surface area contributed by atoms with Gasteiger partial charge in [0.2, 0.25) is 0 Å². The van der Waals surface area contributed by atoms with Crippen LogP contribution in [0.15, 0.2) is 30.3 Å². The van der Waals surface area contributed by atoms with Gasteiger partial charge in [0, 0.05) is 19.0 Å². The van der Waals surface area contributed by atoms with Crippen molar-refractivity contribution in [3.05, 3.63) is 35.9 Å². The molecule has 0 radical (unpaired) electrons. The van der Waals surface area contributed by atoms with Crippen molar-refractivity contribution in [1.82, 2.24) is 9.80 Å². The minimum atomic E-state index is 0.558. The summed E-state index contributed by atoms with van der Waals surface area (Å²) in [6.07, 6.45) is 1.68. The number of hydrogen-bond acceptors (Lipinski definition) is 2. The third-order valence-corrected chi connectivity index (χ3v) is 3.49. The highest BCUT2D eigenvalue weighted by Crippen LogP contribution is 2.19. The zero-order valence-corrected chi connectivity index (χ0v) is 9.85. The monoisotopic (exact) mass is 204 g/mol. The molecular formula is C13H20N2. The lowest BCUT2D eigenvalue weighted by Gasteiger charge is -2.26. The van der Waals surface area contributed by atoms with E-state index in [9.17, 15) is 0 Å². The topological polar surface area (TPSA) is 6.48 Å². The number of rotatable bonds is 2. The van der Waals surface area contributed by atoms with E-state index in [1.807, 2.05) is 0 Å². The van der Waals surface area contributed by atoms with Gasteiger partial charge in [-0.25, -0.2) is 0 Å². The Bertz CT molecular complexity index is 310. The van der Waals surface area contributed by atoms with E-state index in [0.29, 0.717) is 12.2 Å². The van der Waals surface area contributed by atoms with Crippen LogP contribution in [-0.4, -0.2) is 42.6 Å². The standard InChI is InChI=1S/C13H20N2/c1-11-10-14(2)13(15(11)3)9-12-7-5-4-6-8-12/h4-8,11,13H,9-10H2,1-3H3. The average molecular weight is 204 g/mol. The van der Waals surface area contributed by atoms with Crippen molar-refractivity contribution < 1.29 is 0 Å². The van der Waals surface area contributed by atoms with Crippen LogP contribution in [0.1, 0.15) is 12.5 Å². The lowest BCUT2D eigenvalue weighted by atomic mass is 10.1. The third-order valence-electron chi connectivity index (χ3n) is 3.49. The molecule has 1 saturated heterocycles. The molecule has 1 fully saturated rings. The van der Waals surface area contributed by atoms with Gasteiger partial charge in [0.25, 0.3) is 0 Å². The fourth-order valence-corrected chi connectivity index (χ4v) is 2.40. The van der Waals surface area contributed by atoms with Gasteiger partial charge < -0.3 is 0 Å². The summed E-state index contributed by atoms with van der Waals surface area (Å²) in [5, 5.41) is 0. The molecule has 1 aliphatic heterocycles. The van der Waals surface area contributed by atoms with Crippen molar-refractivity contribution in [3.8, 4) is 0 Å². The van der Waals surface area contributed by atoms with Crippen LogP contribution in [0, 0.1) is 0 Å². The summed E-state index contributed by atoms with van der Waals surface area (Å²) in [5.41, 5.74) is 1.43. The van der Waals surface area contributed by atoms with Gasteiger partial charge in [-0.05, 0) is 26.6 Å². The van der Waals surface area contributed by atoms with E-state index in [2.05, 4.69) is 61.2 Å². The highest BCUT2D eigenvalue weighted by molar-refractivity contribution is 5.16. The Morgan fingerprint density at radius 3 is 2.40 bits per heavy atom. The summed E-state index contributed by atoms with van der Waals surface area (Å²) >= 11 is 0. The van der Waals surface area contributed by atoms with Gasteiger partial charge in [-0.3, -0.25) is 9.80 Å². The van der Waals surface area contributed by atoms with Gasteiger partial charge >= 0.3 is 0 Å². The van der Waals surface area contributed by atoms with Crippen molar-refractivity contribution in [2.24, 2.45) is 0 Å². The summed E-state index contributed by atoms with van der Waals surface area (Å²) in [7, 11) is 4.44. The molecule has 1 aromatic carbocycles. The summed E-state index contributed by atoms with van der Waals surface area (Å²) in [4.78, 5) is 4.91. The highest BCUT2D eigenvalue weighted by atomic mass is 15.4. The van der Waals surface area contributed by atoms with Gasteiger partial charge in [0.15, 0.2) is 0 Å². The van der Waals surface area contributed by atoms with E-state index < -0.39 is 0 Å². The van der Waals surface area contributed by atoms with Gasteiger partial charge in [0.05, 0.1) is 6.17 Å². The Morgan fingerprint density at radius 1 is 1.20 bits per heavy atom. The fraction of sp³-hybridized carbons (Fsp3) is 0.538. The van der Waals surface area contributed by atoms with Crippen molar-refractivity contribution in [2.75, 3.05) is 20.6 Å². The van der Waals surface area contributed by atoms with Crippen molar-refractivity contribution in [3.63, 3.8) is 0 Å². The molecule has 0 aromatic heterocycles. The first-order valence-electron chi connectivity index (χ1n) is 5.64. The second-order valence-corrected chi connectivity index (χ2v) is 4.62. The Balaban J connectivity index is 2.06. The first-order chi connectivity index (χ1) is 7.18. The quantitative estimate of drug-likeness (QED) is 0.725. The van der Waals surface area contributed by atoms with Crippen molar-refractivity contribution in [1.29, 1.82) is 0 Å². The number of nitrogens with zero attached hydrogens (tertiary/aromatic N) is 2. The SMILES string of the molecule is CC1CN(C)C(Cc2ccccc2)N1C. The molecule has 1 aliphatic rings. The molecule has 82 valence electrons. The molecule has 0 N–H and O–H groups in total. The van der Waals surface area contributed by atoms with E-state index in [1.165, 1.54) is 12.1 Å². The molecule has 0 spiro atoms. The molecule has 0 amide bonds. The zero-order chi connectivity index (χ0) is 10.8. The molecule has 2 atom stereocenters. The summed E-state index contributed by atoms with van der Waals surface area (Å²) in [5.74, 6) is 0. The third kappa shape index (κ3) is 2.21. The maximum absolute atomic E-state index is 2.47. The molecule has 0 aliphatic carbocycles. The smallest absolute Gasteiger partial charge is 0.0662 e. The summed E-state index contributed by atoms with van der Waals surface area (Å²) in [6.45, 7) is 3.47. The molecule has 2 rings (SSSR count). The lowest BCUT2D eigenvalue weighted by molar-refractivity contribution is 0.172. The molecule has 1 aromatic rings. The zero-order valence-electron chi connectivity index (χ0n) is 9.85. The normalized spacial score (nSPS) is 28.5. The number of likely N-dealkylation sites (N-methyl/N-ethyl adjacent to an activating group) is 2. The molecule has 1 heterocycles. The van der Waals surface area contributed by atoms with Crippen LogP contribution in [0.3, 0.4) is 0 Å². The lowest BCUT2D eigenvalue weighted by Crippen LogP contribution is -2.37. The molecule has 0 saturated carbocycles. The molecule has 2 nitrogen and oxygen atoms in total. The Kier molecular flexibility index (Phi) is 3.08. The van der Waals surface area contributed by atoms with Crippen molar-refractivity contribution >= 4 is 0 Å². The number of benzene rings is 1. The van der Waals surface area contributed by atoms with Crippen molar-refractivity contribution in [2.45, 2.75) is 25.6 Å². The Hall–Kier alpha value is -0.860. The predicted molar refractivity (Wildman–Crippen MR) is 63.8 cm³/mol. The van der Waals surface area contributed by atoms with E-state index in [-0.39, 0.29) is 0 Å². The van der Waals surface area contributed by atoms with Gasteiger partial charge in [-0.15, -0.1) is 0 Å². The minimum Gasteiger partial charge on any atom is -0.289 e. The van der Waals surface area contributed by atoms with E-state index in [0.717, 1.165) is 6.42 Å². The maximum atomic E-state index is 2.47. The van der Waals surface area contributed by atoms with Gasteiger partial charge in [0.1, 0.15) is 0 Å². The van der Waals surface area contributed by atoms with E-state index >= 15 is 0 Å². The first-order valence-corrected chi connectivity index (χ1v) is 5.64. The highest BCUT2D eigenvalue weighted by Gasteiger charge is 2.31. The van der Waals surface area contributed by atoms with E-state index in [4.69, 9.17) is 0 Å². The summed E-state index contributed by atoms with van der Waals surface area (Å²) in [6, 6.07) is 11.4. The largest absolute Gasteiger partial charge is 0.289 e. The van der Waals surface area contributed by atoms with E-state index in [1.54, 1.807) is 0 Å². The Labute approximate surface area is 92.5 Å². The van der Waals surface area contributed by atoms with Gasteiger partial charge in [-0.1, -0.05) is 30.3 Å². The second kappa shape index (κ2) is 4.33. The molecule has 2 heteroatoms. The number of hydrogen-bond donors (Lipinski definition) is 0. The van der Waals surface area contributed by atoms with Crippen LogP contribution in [0.4, 0.5) is 0 Å². The van der Waals surface area contributed by atoms with Crippen LogP contribution < -0.4 is 0 Å². The van der Waals surface area contributed by atoms with Crippen LogP contribution in [0.5, 0.6) is 0 Å². The molecular weight excluding hydrogens is 184 g/mol. The predicted octanol–water partition coefficient (Wildman–Crippen LogP) is 1.82. The second-order valence-electron chi connectivity index (χ2n) is 4.62. The maximum Gasteiger partial charge on any atom is 0.0662 e. The Morgan fingerprint density at radius 2 is 1.87 bits per heavy atom. The van der Waals surface area contributed by atoms with Crippen LogP contribution >= 0.6 is 0 Å². The van der Waals surface area contributed by atoms with Crippen LogP contribution in [-0.2, 0) is 6.42 Å². The fourth-order valence-electron chi connectivity index (χ4n) is 2.40. The minimum absolute atomic E-state index is 0.558. The molecule has 2 unspecified atom stereocenters. The summed E-state index contributed by atoms with van der Waals surface area (Å²) < 4.78 is 0.